The minimum atomic E-state index is -0.477. The zero-order valence-corrected chi connectivity index (χ0v) is 11.4. The standard InChI is InChI=1S/C17H10N2O3/c20-17-13(10-12-8-4-5-9-14(12)21-17)16-15(18-19-22-16)11-6-2-1-3-7-11/h1-10H. The van der Waals surface area contributed by atoms with Crippen LogP contribution in [0.4, 0.5) is 0 Å². The molecule has 5 heteroatoms. The Kier molecular flexibility index (Phi) is 2.83. The van der Waals surface area contributed by atoms with Crippen molar-refractivity contribution in [2.75, 3.05) is 0 Å². The van der Waals surface area contributed by atoms with Gasteiger partial charge in [-0.3, -0.25) is 0 Å². The Balaban J connectivity index is 1.96. The van der Waals surface area contributed by atoms with Crippen LogP contribution in [-0.4, -0.2) is 10.4 Å². The highest BCUT2D eigenvalue weighted by Gasteiger charge is 2.19. The Morgan fingerprint density at radius 3 is 2.55 bits per heavy atom. The average molecular weight is 290 g/mol. The highest BCUT2D eigenvalue weighted by atomic mass is 16.5. The average Bonchev–Trinajstić information content (AvgIpc) is 3.04. The molecule has 0 spiro atoms. The molecule has 106 valence electrons. The maximum atomic E-state index is 12.2. The summed E-state index contributed by atoms with van der Waals surface area (Å²) in [4.78, 5) is 12.2. The maximum absolute atomic E-state index is 12.2. The number of hydrogen-bond donors (Lipinski definition) is 0. The van der Waals surface area contributed by atoms with Gasteiger partial charge in [-0.2, -0.15) is 0 Å². The molecule has 0 amide bonds. The van der Waals surface area contributed by atoms with E-state index in [2.05, 4.69) is 10.4 Å². The molecular weight excluding hydrogens is 280 g/mol. The monoisotopic (exact) mass is 290 g/mol. The lowest BCUT2D eigenvalue weighted by Gasteiger charge is -2.01. The Bertz CT molecular complexity index is 1000. The fraction of sp³-hybridized carbons (Fsp3) is 0. The van der Waals surface area contributed by atoms with Gasteiger partial charge in [0, 0.05) is 16.2 Å². The van der Waals surface area contributed by atoms with Crippen molar-refractivity contribution in [1.29, 1.82) is 0 Å². The Labute approximate surface area is 124 Å². The lowest BCUT2D eigenvalue weighted by molar-refractivity contribution is 0.402. The van der Waals surface area contributed by atoms with Crippen LogP contribution >= 0.6 is 0 Å². The number of fused-ring (bicyclic) bond motifs is 1. The van der Waals surface area contributed by atoms with Crippen LogP contribution < -0.4 is 5.63 Å². The second-order valence-electron chi connectivity index (χ2n) is 4.80. The molecule has 0 bridgehead atoms. The first-order valence-electron chi connectivity index (χ1n) is 6.74. The zero-order valence-electron chi connectivity index (χ0n) is 11.4. The third-order valence-electron chi connectivity index (χ3n) is 3.42. The van der Waals surface area contributed by atoms with Gasteiger partial charge >= 0.3 is 5.63 Å². The fourth-order valence-corrected chi connectivity index (χ4v) is 2.37. The first-order chi connectivity index (χ1) is 10.8. The minimum absolute atomic E-state index is 0.308. The summed E-state index contributed by atoms with van der Waals surface area (Å²) in [5.74, 6) is 0.311. The Hall–Kier alpha value is -3.21. The molecule has 0 N–H and O–H groups in total. The lowest BCUT2D eigenvalue weighted by atomic mass is 10.1. The first-order valence-corrected chi connectivity index (χ1v) is 6.74. The van der Waals surface area contributed by atoms with E-state index in [0.29, 0.717) is 22.6 Å². The summed E-state index contributed by atoms with van der Waals surface area (Å²) in [7, 11) is 0. The van der Waals surface area contributed by atoms with Crippen molar-refractivity contribution in [2.24, 2.45) is 0 Å². The molecule has 0 saturated carbocycles. The molecule has 2 heterocycles. The molecular formula is C17H10N2O3. The van der Waals surface area contributed by atoms with Crippen molar-refractivity contribution in [3.05, 3.63) is 71.1 Å². The molecule has 0 unspecified atom stereocenters. The van der Waals surface area contributed by atoms with E-state index in [1.807, 2.05) is 48.5 Å². The third-order valence-corrected chi connectivity index (χ3v) is 3.42. The van der Waals surface area contributed by atoms with E-state index in [1.54, 1.807) is 12.1 Å². The number of aromatic nitrogens is 2. The van der Waals surface area contributed by atoms with Crippen LogP contribution in [0.1, 0.15) is 0 Å². The predicted octanol–water partition coefficient (Wildman–Crippen LogP) is 3.51. The molecule has 0 atom stereocenters. The van der Waals surface area contributed by atoms with Gasteiger partial charge in [0.2, 0.25) is 5.76 Å². The number of hydrogen-bond acceptors (Lipinski definition) is 5. The zero-order chi connectivity index (χ0) is 14.9. The first kappa shape index (κ1) is 12.5. The van der Waals surface area contributed by atoms with Crippen LogP contribution in [-0.2, 0) is 0 Å². The number of benzene rings is 2. The molecule has 0 aliphatic heterocycles. The second-order valence-corrected chi connectivity index (χ2v) is 4.80. The molecule has 0 aliphatic carbocycles. The molecule has 2 aromatic carbocycles. The van der Waals surface area contributed by atoms with Crippen molar-refractivity contribution < 1.29 is 8.94 Å². The molecule has 5 nitrogen and oxygen atoms in total. The van der Waals surface area contributed by atoms with Crippen LogP contribution in [0.3, 0.4) is 0 Å². The topological polar surface area (TPSA) is 69.1 Å². The van der Waals surface area contributed by atoms with Crippen LogP contribution in [0.15, 0.2) is 74.4 Å². The fourth-order valence-electron chi connectivity index (χ4n) is 2.37. The Morgan fingerprint density at radius 1 is 0.909 bits per heavy atom. The number of para-hydroxylation sites is 1. The molecule has 0 aliphatic rings. The van der Waals surface area contributed by atoms with E-state index in [9.17, 15) is 4.79 Å². The normalized spacial score (nSPS) is 10.9. The number of nitrogens with zero attached hydrogens (tertiary/aromatic N) is 2. The number of rotatable bonds is 2. The molecule has 4 aromatic rings. The van der Waals surface area contributed by atoms with Gasteiger partial charge in [-0.1, -0.05) is 48.5 Å². The molecule has 4 rings (SSSR count). The largest absolute Gasteiger partial charge is 0.422 e. The van der Waals surface area contributed by atoms with Gasteiger partial charge in [0.1, 0.15) is 16.8 Å². The molecule has 0 saturated heterocycles. The van der Waals surface area contributed by atoms with Crippen LogP contribution in [0, 0.1) is 0 Å². The maximum Gasteiger partial charge on any atom is 0.347 e. The summed E-state index contributed by atoms with van der Waals surface area (Å²) in [6.07, 6.45) is 0. The van der Waals surface area contributed by atoms with Gasteiger partial charge in [-0.05, 0) is 12.1 Å². The van der Waals surface area contributed by atoms with E-state index in [4.69, 9.17) is 8.94 Å². The van der Waals surface area contributed by atoms with Gasteiger partial charge in [-0.25, -0.2) is 4.79 Å². The highest BCUT2D eigenvalue weighted by molar-refractivity contribution is 5.83. The van der Waals surface area contributed by atoms with Crippen molar-refractivity contribution in [2.45, 2.75) is 0 Å². The summed E-state index contributed by atoms with van der Waals surface area (Å²) in [6.45, 7) is 0. The highest BCUT2D eigenvalue weighted by Crippen LogP contribution is 2.29. The summed E-state index contributed by atoms with van der Waals surface area (Å²) < 4.78 is 10.6. The van der Waals surface area contributed by atoms with E-state index in [-0.39, 0.29) is 0 Å². The summed E-state index contributed by atoms with van der Waals surface area (Å²) in [5.41, 5.74) is 1.71. The minimum Gasteiger partial charge on any atom is -0.422 e. The van der Waals surface area contributed by atoms with Gasteiger partial charge in [0.25, 0.3) is 0 Å². The summed E-state index contributed by atoms with van der Waals surface area (Å²) in [5, 5.41) is 8.39. The van der Waals surface area contributed by atoms with Gasteiger partial charge in [0.15, 0.2) is 0 Å². The molecule has 2 aromatic heterocycles. The van der Waals surface area contributed by atoms with E-state index in [1.165, 1.54) is 0 Å². The third kappa shape index (κ3) is 2.00. The SMILES string of the molecule is O=c1oc2ccccc2cc1-c1onnc1-c1ccccc1. The quantitative estimate of drug-likeness (QED) is 0.528. The van der Waals surface area contributed by atoms with Gasteiger partial charge < -0.3 is 8.94 Å². The van der Waals surface area contributed by atoms with Crippen LogP contribution in [0.25, 0.3) is 33.6 Å². The van der Waals surface area contributed by atoms with Gasteiger partial charge in [0.05, 0.1) is 0 Å². The van der Waals surface area contributed by atoms with Crippen LogP contribution in [0.2, 0.25) is 0 Å². The lowest BCUT2D eigenvalue weighted by Crippen LogP contribution is -2.02. The Morgan fingerprint density at radius 2 is 1.68 bits per heavy atom. The van der Waals surface area contributed by atoms with Crippen molar-refractivity contribution in [3.63, 3.8) is 0 Å². The summed E-state index contributed by atoms with van der Waals surface area (Å²) >= 11 is 0. The van der Waals surface area contributed by atoms with Gasteiger partial charge in [-0.15, -0.1) is 5.10 Å². The molecule has 22 heavy (non-hydrogen) atoms. The predicted molar refractivity (Wildman–Crippen MR) is 81.2 cm³/mol. The van der Waals surface area contributed by atoms with E-state index in [0.717, 1.165) is 10.9 Å². The van der Waals surface area contributed by atoms with Crippen molar-refractivity contribution in [1.82, 2.24) is 10.4 Å². The van der Waals surface area contributed by atoms with E-state index < -0.39 is 5.63 Å². The summed E-state index contributed by atoms with van der Waals surface area (Å²) in [6, 6.07) is 18.5. The van der Waals surface area contributed by atoms with E-state index >= 15 is 0 Å². The molecule has 0 radical (unpaired) electrons. The molecule has 0 fully saturated rings. The van der Waals surface area contributed by atoms with Crippen molar-refractivity contribution >= 4 is 11.0 Å². The smallest absolute Gasteiger partial charge is 0.347 e. The van der Waals surface area contributed by atoms with Crippen LogP contribution in [0.5, 0.6) is 0 Å². The van der Waals surface area contributed by atoms with Crippen molar-refractivity contribution in [3.8, 4) is 22.6 Å². The second kappa shape index (κ2) is 4.96.